The number of hydrogen-bond donors (Lipinski definition) is 2. The third kappa shape index (κ3) is 5.35. The van der Waals surface area contributed by atoms with Crippen molar-refractivity contribution in [2.24, 2.45) is 5.92 Å². The molecule has 1 atom stereocenters. The lowest BCUT2D eigenvalue weighted by Gasteiger charge is -2.31. The van der Waals surface area contributed by atoms with Crippen molar-refractivity contribution in [2.45, 2.75) is 45.1 Å². The second kappa shape index (κ2) is 8.78. The number of sulfonamides is 1. The van der Waals surface area contributed by atoms with Gasteiger partial charge in [0, 0.05) is 5.56 Å². The molecule has 1 aliphatic rings. The minimum atomic E-state index is -3.41. The number of aryl methyl sites for hydroxylation is 1. The standard InChI is InChI=1S/C22H28N2O3S/c1-16-13-14-19(15-20(16)24-28(2,26)27)22(25)23-21(17-9-5-3-6-10-17)18-11-7-4-8-12-18/h3,5-6,9-10,13-15,18,21,24H,4,7-8,11-12H2,1-2H3,(H,23,25). The summed E-state index contributed by atoms with van der Waals surface area (Å²) < 4.78 is 25.7. The van der Waals surface area contributed by atoms with E-state index in [2.05, 4.69) is 22.2 Å². The third-order valence-electron chi connectivity index (χ3n) is 5.36. The summed E-state index contributed by atoms with van der Waals surface area (Å²) in [6.07, 6.45) is 6.95. The molecule has 1 aliphatic carbocycles. The van der Waals surface area contributed by atoms with Gasteiger partial charge in [0.15, 0.2) is 0 Å². The number of hydrogen-bond acceptors (Lipinski definition) is 3. The Morgan fingerprint density at radius 1 is 1.04 bits per heavy atom. The lowest BCUT2D eigenvalue weighted by atomic mass is 9.81. The predicted molar refractivity (Wildman–Crippen MR) is 113 cm³/mol. The van der Waals surface area contributed by atoms with Crippen molar-refractivity contribution >= 4 is 21.6 Å². The van der Waals surface area contributed by atoms with Gasteiger partial charge >= 0.3 is 0 Å². The molecule has 0 spiro atoms. The Hall–Kier alpha value is -2.34. The monoisotopic (exact) mass is 400 g/mol. The SMILES string of the molecule is Cc1ccc(C(=O)NC(c2ccccc2)C2CCCCC2)cc1NS(C)(=O)=O. The normalized spacial score (nSPS) is 16.4. The summed E-state index contributed by atoms with van der Waals surface area (Å²) in [6.45, 7) is 1.81. The molecule has 1 unspecified atom stereocenters. The Morgan fingerprint density at radius 3 is 2.36 bits per heavy atom. The molecule has 2 N–H and O–H groups in total. The summed E-state index contributed by atoms with van der Waals surface area (Å²) in [6, 6.07) is 15.2. The molecule has 0 heterocycles. The molecule has 5 nitrogen and oxygen atoms in total. The van der Waals surface area contributed by atoms with Crippen LogP contribution in [0.15, 0.2) is 48.5 Å². The number of amides is 1. The van der Waals surface area contributed by atoms with E-state index in [1.165, 1.54) is 19.3 Å². The van der Waals surface area contributed by atoms with Crippen LogP contribution in [0, 0.1) is 12.8 Å². The largest absolute Gasteiger partial charge is 0.345 e. The number of nitrogens with one attached hydrogen (secondary N) is 2. The average Bonchev–Trinajstić information content (AvgIpc) is 2.68. The lowest BCUT2D eigenvalue weighted by molar-refractivity contribution is 0.0912. The molecular formula is C22H28N2O3S. The van der Waals surface area contributed by atoms with Gasteiger partial charge < -0.3 is 5.32 Å². The summed E-state index contributed by atoms with van der Waals surface area (Å²) in [5.74, 6) is 0.232. The van der Waals surface area contributed by atoms with Gasteiger partial charge in [-0.3, -0.25) is 9.52 Å². The second-order valence-corrected chi connectivity index (χ2v) is 9.41. The first kappa shape index (κ1) is 20.4. The van der Waals surface area contributed by atoms with Crippen molar-refractivity contribution in [3.05, 3.63) is 65.2 Å². The van der Waals surface area contributed by atoms with Crippen LogP contribution >= 0.6 is 0 Å². The van der Waals surface area contributed by atoms with Gasteiger partial charge in [0.05, 0.1) is 18.0 Å². The fourth-order valence-electron chi connectivity index (χ4n) is 3.90. The molecular weight excluding hydrogens is 372 g/mol. The van der Waals surface area contributed by atoms with Gasteiger partial charge in [-0.1, -0.05) is 55.7 Å². The molecule has 28 heavy (non-hydrogen) atoms. The van der Waals surface area contributed by atoms with E-state index >= 15 is 0 Å². The van der Waals surface area contributed by atoms with E-state index in [9.17, 15) is 13.2 Å². The number of benzene rings is 2. The molecule has 3 rings (SSSR count). The van der Waals surface area contributed by atoms with Gasteiger partial charge in [-0.25, -0.2) is 8.42 Å². The Morgan fingerprint density at radius 2 is 1.71 bits per heavy atom. The van der Waals surface area contributed by atoms with E-state index in [1.807, 2.05) is 25.1 Å². The Kier molecular flexibility index (Phi) is 6.39. The zero-order chi connectivity index (χ0) is 20.1. The van der Waals surface area contributed by atoms with Crippen LogP contribution in [0.4, 0.5) is 5.69 Å². The van der Waals surface area contributed by atoms with Crippen molar-refractivity contribution in [3.8, 4) is 0 Å². The molecule has 0 aromatic heterocycles. The van der Waals surface area contributed by atoms with Crippen LogP contribution in [-0.2, 0) is 10.0 Å². The fourth-order valence-corrected chi connectivity index (χ4v) is 4.52. The van der Waals surface area contributed by atoms with E-state index in [0.717, 1.165) is 30.2 Å². The first-order chi connectivity index (χ1) is 13.3. The zero-order valence-corrected chi connectivity index (χ0v) is 17.3. The van der Waals surface area contributed by atoms with Crippen LogP contribution in [0.1, 0.15) is 59.6 Å². The van der Waals surface area contributed by atoms with E-state index in [0.29, 0.717) is 17.2 Å². The average molecular weight is 401 g/mol. The maximum absolute atomic E-state index is 13.0. The summed E-state index contributed by atoms with van der Waals surface area (Å²) >= 11 is 0. The molecule has 2 aromatic carbocycles. The molecule has 1 saturated carbocycles. The number of rotatable bonds is 6. The highest BCUT2D eigenvalue weighted by Gasteiger charge is 2.27. The Balaban J connectivity index is 1.84. The molecule has 150 valence electrons. The van der Waals surface area contributed by atoms with Crippen LogP contribution in [0.25, 0.3) is 0 Å². The van der Waals surface area contributed by atoms with Gasteiger partial charge in [-0.05, 0) is 48.9 Å². The number of carbonyl (C=O) groups is 1. The van der Waals surface area contributed by atoms with Crippen molar-refractivity contribution < 1.29 is 13.2 Å². The van der Waals surface area contributed by atoms with E-state index < -0.39 is 10.0 Å². The highest BCUT2D eigenvalue weighted by Crippen LogP contribution is 2.34. The molecule has 2 aromatic rings. The Labute approximate surface area is 167 Å². The van der Waals surface area contributed by atoms with Gasteiger partial charge in [-0.2, -0.15) is 0 Å². The summed E-state index contributed by atoms with van der Waals surface area (Å²) in [5, 5.41) is 3.21. The summed E-state index contributed by atoms with van der Waals surface area (Å²) in [5.41, 5.74) is 2.77. The minimum absolute atomic E-state index is 0.0402. The third-order valence-corrected chi connectivity index (χ3v) is 5.95. The minimum Gasteiger partial charge on any atom is -0.345 e. The maximum Gasteiger partial charge on any atom is 0.251 e. The van der Waals surface area contributed by atoms with Gasteiger partial charge in [0.1, 0.15) is 0 Å². The van der Waals surface area contributed by atoms with Crippen molar-refractivity contribution in [1.82, 2.24) is 5.32 Å². The van der Waals surface area contributed by atoms with Gasteiger partial charge in [-0.15, -0.1) is 0 Å². The second-order valence-electron chi connectivity index (χ2n) is 7.66. The molecule has 1 fully saturated rings. The molecule has 0 radical (unpaired) electrons. The van der Waals surface area contributed by atoms with Crippen LogP contribution in [0.3, 0.4) is 0 Å². The fraction of sp³-hybridized carbons (Fsp3) is 0.409. The van der Waals surface area contributed by atoms with Gasteiger partial charge in [0.25, 0.3) is 5.91 Å². The first-order valence-corrected chi connectivity index (χ1v) is 11.7. The zero-order valence-electron chi connectivity index (χ0n) is 16.4. The van der Waals surface area contributed by atoms with Crippen molar-refractivity contribution in [3.63, 3.8) is 0 Å². The van der Waals surface area contributed by atoms with Crippen LogP contribution in [0.2, 0.25) is 0 Å². The molecule has 0 bridgehead atoms. The quantitative estimate of drug-likeness (QED) is 0.754. The van der Waals surface area contributed by atoms with E-state index in [4.69, 9.17) is 0 Å². The number of anilines is 1. The van der Waals surface area contributed by atoms with Crippen LogP contribution in [0.5, 0.6) is 0 Å². The molecule has 6 heteroatoms. The Bertz CT molecular complexity index is 920. The topological polar surface area (TPSA) is 75.3 Å². The summed E-state index contributed by atoms with van der Waals surface area (Å²) in [7, 11) is -3.41. The maximum atomic E-state index is 13.0. The highest BCUT2D eigenvalue weighted by atomic mass is 32.2. The number of carbonyl (C=O) groups excluding carboxylic acids is 1. The molecule has 0 saturated heterocycles. The first-order valence-electron chi connectivity index (χ1n) is 9.78. The highest BCUT2D eigenvalue weighted by molar-refractivity contribution is 7.92. The van der Waals surface area contributed by atoms with Crippen molar-refractivity contribution in [1.29, 1.82) is 0 Å². The molecule has 1 amide bonds. The predicted octanol–water partition coefficient (Wildman–Crippen LogP) is 4.42. The van der Waals surface area contributed by atoms with Gasteiger partial charge in [0.2, 0.25) is 10.0 Å². The smallest absolute Gasteiger partial charge is 0.251 e. The summed E-state index contributed by atoms with van der Waals surface area (Å²) in [4.78, 5) is 13.0. The van der Waals surface area contributed by atoms with E-state index in [-0.39, 0.29) is 11.9 Å². The van der Waals surface area contributed by atoms with Crippen molar-refractivity contribution in [2.75, 3.05) is 11.0 Å². The van der Waals surface area contributed by atoms with E-state index in [1.54, 1.807) is 18.2 Å². The molecule has 0 aliphatic heterocycles. The van der Waals surface area contributed by atoms with Crippen LogP contribution < -0.4 is 10.0 Å². The lowest BCUT2D eigenvalue weighted by Crippen LogP contribution is -2.34. The van der Waals surface area contributed by atoms with Crippen LogP contribution in [-0.4, -0.2) is 20.6 Å².